The molecule has 0 spiro atoms. The number of rotatable bonds is 4. The highest BCUT2D eigenvalue weighted by Crippen LogP contribution is 2.38. The van der Waals surface area contributed by atoms with Gasteiger partial charge in [-0.15, -0.1) is 0 Å². The Kier molecular flexibility index (Phi) is 4.46. The standard InChI is InChI=1S/C15H19ClO2S/c1-15(2,8-14(17)18)11-3-4-12(13(16)7-11)10-5-6-19-9-10/h3-4,7,10H,5-6,8-9H2,1-2H3,(H,17,18). The molecule has 1 fully saturated rings. The van der Waals surface area contributed by atoms with Crippen LogP contribution in [0.15, 0.2) is 18.2 Å². The first-order valence-electron chi connectivity index (χ1n) is 6.49. The van der Waals surface area contributed by atoms with Gasteiger partial charge in [-0.2, -0.15) is 11.8 Å². The predicted octanol–water partition coefficient (Wildman–Crippen LogP) is 4.31. The first kappa shape index (κ1) is 14.7. The summed E-state index contributed by atoms with van der Waals surface area (Å²) in [7, 11) is 0. The molecular formula is C15H19ClO2S. The lowest BCUT2D eigenvalue weighted by Gasteiger charge is -2.24. The van der Waals surface area contributed by atoms with Gasteiger partial charge in [0.2, 0.25) is 0 Å². The molecule has 2 nitrogen and oxygen atoms in total. The van der Waals surface area contributed by atoms with E-state index in [1.807, 2.05) is 37.7 Å². The van der Waals surface area contributed by atoms with Crippen LogP contribution in [-0.4, -0.2) is 22.6 Å². The summed E-state index contributed by atoms with van der Waals surface area (Å²) in [4.78, 5) is 10.9. The molecule has 1 atom stereocenters. The van der Waals surface area contributed by atoms with Gasteiger partial charge in [-0.25, -0.2) is 0 Å². The maximum Gasteiger partial charge on any atom is 0.304 e. The number of halogens is 1. The Hall–Kier alpha value is -0.670. The quantitative estimate of drug-likeness (QED) is 0.900. The van der Waals surface area contributed by atoms with Crippen molar-refractivity contribution in [2.45, 2.75) is 38.0 Å². The van der Waals surface area contributed by atoms with Crippen molar-refractivity contribution in [3.05, 3.63) is 34.3 Å². The van der Waals surface area contributed by atoms with E-state index in [2.05, 4.69) is 6.07 Å². The summed E-state index contributed by atoms with van der Waals surface area (Å²) in [6.07, 6.45) is 1.30. The van der Waals surface area contributed by atoms with Crippen LogP contribution < -0.4 is 0 Å². The number of carbonyl (C=O) groups is 1. The third-order valence-electron chi connectivity index (χ3n) is 3.74. The molecule has 0 aromatic heterocycles. The molecular weight excluding hydrogens is 280 g/mol. The first-order valence-corrected chi connectivity index (χ1v) is 8.03. The predicted molar refractivity (Wildman–Crippen MR) is 81.4 cm³/mol. The molecule has 1 N–H and O–H groups in total. The van der Waals surface area contributed by atoms with Gasteiger partial charge in [0.15, 0.2) is 0 Å². The van der Waals surface area contributed by atoms with E-state index in [0.717, 1.165) is 16.3 Å². The molecule has 1 aromatic carbocycles. The van der Waals surface area contributed by atoms with Gasteiger partial charge in [-0.1, -0.05) is 37.6 Å². The summed E-state index contributed by atoms with van der Waals surface area (Å²) >= 11 is 8.36. The lowest BCUT2D eigenvalue weighted by Crippen LogP contribution is -2.21. The monoisotopic (exact) mass is 298 g/mol. The number of aliphatic carboxylic acids is 1. The second kappa shape index (κ2) is 5.76. The molecule has 4 heteroatoms. The van der Waals surface area contributed by atoms with Crippen LogP contribution in [0.1, 0.15) is 43.7 Å². The van der Waals surface area contributed by atoms with Crippen molar-refractivity contribution < 1.29 is 9.90 Å². The Bertz CT molecular complexity index is 479. The van der Waals surface area contributed by atoms with E-state index in [0.29, 0.717) is 5.92 Å². The van der Waals surface area contributed by atoms with Gasteiger partial charge in [0, 0.05) is 16.2 Å². The molecule has 0 saturated carbocycles. The van der Waals surface area contributed by atoms with Gasteiger partial charge in [0.1, 0.15) is 0 Å². The molecule has 0 aliphatic carbocycles. The molecule has 1 heterocycles. The van der Waals surface area contributed by atoms with Gasteiger partial charge in [-0.05, 0) is 35.3 Å². The van der Waals surface area contributed by atoms with E-state index in [9.17, 15) is 4.79 Å². The largest absolute Gasteiger partial charge is 0.481 e. The first-order chi connectivity index (χ1) is 8.90. The fraction of sp³-hybridized carbons (Fsp3) is 0.533. The summed E-state index contributed by atoms with van der Waals surface area (Å²) in [5.74, 6) is 2.11. The van der Waals surface area contributed by atoms with Crippen LogP contribution in [0.5, 0.6) is 0 Å². The van der Waals surface area contributed by atoms with Crippen LogP contribution >= 0.6 is 23.4 Å². The zero-order valence-electron chi connectivity index (χ0n) is 11.3. The zero-order valence-corrected chi connectivity index (χ0v) is 12.9. The SMILES string of the molecule is CC(C)(CC(=O)O)c1ccc(C2CCSC2)c(Cl)c1. The van der Waals surface area contributed by atoms with Crippen molar-refractivity contribution in [2.75, 3.05) is 11.5 Å². The van der Waals surface area contributed by atoms with Gasteiger partial charge in [0.05, 0.1) is 6.42 Å². The average Bonchev–Trinajstić information content (AvgIpc) is 2.80. The second-order valence-corrected chi connectivity index (χ2v) is 7.31. The molecule has 104 valence electrons. The van der Waals surface area contributed by atoms with Crippen LogP contribution in [0.25, 0.3) is 0 Å². The van der Waals surface area contributed by atoms with Crippen molar-refractivity contribution in [1.29, 1.82) is 0 Å². The maximum atomic E-state index is 10.9. The van der Waals surface area contributed by atoms with E-state index < -0.39 is 11.4 Å². The van der Waals surface area contributed by atoms with Crippen LogP contribution in [0.4, 0.5) is 0 Å². The smallest absolute Gasteiger partial charge is 0.304 e. The molecule has 1 aliphatic heterocycles. The van der Waals surface area contributed by atoms with E-state index in [1.165, 1.54) is 17.7 Å². The lowest BCUT2D eigenvalue weighted by molar-refractivity contribution is -0.138. The zero-order chi connectivity index (χ0) is 14.0. The minimum atomic E-state index is -0.780. The molecule has 2 rings (SSSR count). The highest BCUT2D eigenvalue weighted by atomic mass is 35.5. The Morgan fingerprint density at radius 3 is 2.79 bits per heavy atom. The Labute approximate surface area is 123 Å². The van der Waals surface area contributed by atoms with Gasteiger partial charge in [-0.3, -0.25) is 4.79 Å². The fourth-order valence-corrected chi connectivity index (χ4v) is 4.12. The van der Waals surface area contributed by atoms with E-state index >= 15 is 0 Å². The lowest BCUT2D eigenvalue weighted by atomic mass is 9.80. The Morgan fingerprint density at radius 2 is 2.26 bits per heavy atom. The third-order valence-corrected chi connectivity index (χ3v) is 5.23. The number of hydrogen-bond acceptors (Lipinski definition) is 2. The van der Waals surface area contributed by atoms with Crippen LogP contribution in [0.3, 0.4) is 0 Å². The normalized spacial score (nSPS) is 19.6. The van der Waals surface area contributed by atoms with Crippen molar-refractivity contribution in [3.8, 4) is 0 Å². The van der Waals surface area contributed by atoms with Crippen molar-refractivity contribution in [1.82, 2.24) is 0 Å². The van der Waals surface area contributed by atoms with Gasteiger partial charge >= 0.3 is 5.97 Å². The number of carboxylic acid groups (broad SMARTS) is 1. The number of hydrogen-bond donors (Lipinski definition) is 1. The number of thioether (sulfide) groups is 1. The summed E-state index contributed by atoms with van der Waals surface area (Å²) in [6, 6.07) is 6.06. The maximum absolute atomic E-state index is 10.9. The summed E-state index contributed by atoms with van der Waals surface area (Å²) in [5.41, 5.74) is 1.81. The third kappa shape index (κ3) is 3.46. The Balaban J connectivity index is 2.25. The molecule has 1 aliphatic rings. The number of carboxylic acids is 1. The van der Waals surface area contributed by atoms with E-state index in [4.69, 9.17) is 16.7 Å². The molecule has 19 heavy (non-hydrogen) atoms. The van der Waals surface area contributed by atoms with Gasteiger partial charge < -0.3 is 5.11 Å². The van der Waals surface area contributed by atoms with E-state index in [1.54, 1.807) is 0 Å². The summed E-state index contributed by atoms with van der Waals surface area (Å²) in [5, 5.41) is 9.75. The average molecular weight is 299 g/mol. The van der Waals surface area contributed by atoms with Crippen molar-refractivity contribution in [2.24, 2.45) is 0 Å². The minimum Gasteiger partial charge on any atom is -0.481 e. The van der Waals surface area contributed by atoms with Crippen LogP contribution in [0.2, 0.25) is 5.02 Å². The fourth-order valence-electron chi connectivity index (χ4n) is 2.54. The molecule has 0 radical (unpaired) electrons. The molecule has 1 unspecified atom stereocenters. The van der Waals surface area contributed by atoms with E-state index in [-0.39, 0.29) is 6.42 Å². The van der Waals surface area contributed by atoms with Crippen molar-refractivity contribution >= 4 is 29.3 Å². The molecule has 1 aromatic rings. The molecule has 0 amide bonds. The Morgan fingerprint density at radius 1 is 1.53 bits per heavy atom. The second-order valence-electron chi connectivity index (χ2n) is 5.75. The highest BCUT2D eigenvalue weighted by Gasteiger charge is 2.26. The summed E-state index contributed by atoms with van der Waals surface area (Å²) in [6.45, 7) is 3.88. The topological polar surface area (TPSA) is 37.3 Å². The minimum absolute atomic E-state index is 0.113. The summed E-state index contributed by atoms with van der Waals surface area (Å²) < 4.78 is 0. The molecule has 0 bridgehead atoms. The molecule has 1 saturated heterocycles. The number of benzene rings is 1. The highest BCUT2D eigenvalue weighted by molar-refractivity contribution is 7.99. The van der Waals surface area contributed by atoms with Gasteiger partial charge in [0.25, 0.3) is 0 Å². The van der Waals surface area contributed by atoms with Crippen LogP contribution in [-0.2, 0) is 10.2 Å². The van der Waals surface area contributed by atoms with Crippen LogP contribution in [0, 0.1) is 0 Å². The van der Waals surface area contributed by atoms with Crippen molar-refractivity contribution in [3.63, 3.8) is 0 Å².